The number of nitrogens with zero attached hydrogens (tertiary/aromatic N) is 1. The average molecular weight is 283 g/mol. The van der Waals surface area contributed by atoms with E-state index in [1.807, 2.05) is 0 Å². The number of nitrogens with one attached hydrogen (secondary N) is 1. The standard InChI is InChI=1S/C12H8Cl2N2O2/c13-7-4-5-9(8(14)6-7)15-11-3-1-2-10(16-11)12(17)18/h1-6H,(H,15,16)(H,17,18). The van der Waals surface area contributed by atoms with Gasteiger partial charge in [-0.05, 0) is 30.3 Å². The molecular formula is C12H8Cl2N2O2. The normalized spacial score (nSPS) is 10.1. The third kappa shape index (κ3) is 2.91. The van der Waals surface area contributed by atoms with Crippen molar-refractivity contribution in [1.82, 2.24) is 4.98 Å². The number of hydrogen-bond acceptors (Lipinski definition) is 3. The minimum Gasteiger partial charge on any atom is -0.477 e. The van der Waals surface area contributed by atoms with Crippen molar-refractivity contribution >= 4 is 40.7 Å². The minimum atomic E-state index is -1.08. The van der Waals surface area contributed by atoms with Gasteiger partial charge in [0, 0.05) is 5.02 Å². The Kier molecular flexibility index (Phi) is 3.69. The summed E-state index contributed by atoms with van der Waals surface area (Å²) in [4.78, 5) is 14.7. The third-order valence-electron chi connectivity index (χ3n) is 2.16. The first-order chi connectivity index (χ1) is 8.56. The highest BCUT2D eigenvalue weighted by Crippen LogP contribution is 2.27. The summed E-state index contributed by atoms with van der Waals surface area (Å²) in [6.45, 7) is 0. The number of rotatable bonds is 3. The molecule has 2 rings (SSSR count). The molecule has 18 heavy (non-hydrogen) atoms. The molecule has 0 aliphatic heterocycles. The Hall–Kier alpha value is -1.78. The van der Waals surface area contributed by atoms with E-state index in [2.05, 4.69) is 10.3 Å². The van der Waals surface area contributed by atoms with Crippen LogP contribution in [0.25, 0.3) is 0 Å². The molecule has 0 aliphatic rings. The summed E-state index contributed by atoms with van der Waals surface area (Å²) >= 11 is 11.8. The van der Waals surface area contributed by atoms with Gasteiger partial charge < -0.3 is 10.4 Å². The van der Waals surface area contributed by atoms with Gasteiger partial charge in [0.15, 0.2) is 5.69 Å². The van der Waals surface area contributed by atoms with Crippen LogP contribution >= 0.6 is 23.2 Å². The van der Waals surface area contributed by atoms with Gasteiger partial charge in [-0.15, -0.1) is 0 Å². The number of pyridine rings is 1. The molecule has 2 aromatic rings. The predicted octanol–water partition coefficient (Wildman–Crippen LogP) is 3.83. The predicted molar refractivity (Wildman–Crippen MR) is 70.9 cm³/mol. The van der Waals surface area contributed by atoms with E-state index in [0.29, 0.717) is 21.6 Å². The largest absolute Gasteiger partial charge is 0.477 e. The molecule has 1 aromatic carbocycles. The fourth-order valence-electron chi connectivity index (χ4n) is 1.35. The summed E-state index contributed by atoms with van der Waals surface area (Å²) in [5, 5.41) is 12.7. The lowest BCUT2D eigenvalue weighted by molar-refractivity contribution is 0.0690. The van der Waals surface area contributed by atoms with Gasteiger partial charge >= 0.3 is 5.97 Å². The Morgan fingerprint density at radius 1 is 1.22 bits per heavy atom. The molecule has 0 atom stereocenters. The van der Waals surface area contributed by atoms with Gasteiger partial charge in [-0.25, -0.2) is 9.78 Å². The second kappa shape index (κ2) is 5.25. The van der Waals surface area contributed by atoms with Crippen LogP contribution in [0.4, 0.5) is 11.5 Å². The average Bonchev–Trinajstić information content (AvgIpc) is 2.33. The van der Waals surface area contributed by atoms with Crippen LogP contribution in [-0.2, 0) is 0 Å². The van der Waals surface area contributed by atoms with Gasteiger partial charge in [0.25, 0.3) is 0 Å². The zero-order valence-electron chi connectivity index (χ0n) is 9.02. The Balaban J connectivity index is 2.28. The van der Waals surface area contributed by atoms with Gasteiger partial charge in [-0.1, -0.05) is 29.3 Å². The van der Waals surface area contributed by atoms with Crippen LogP contribution in [0.1, 0.15) is 10.5 Å². The lowest BCUT2D eigenvalue weighted by Crippen LogP contribution is -2.02. The minimum absolute atomic E-state index is 0.0370. The van der Waals surface area contributed by atoms with Crippen molar-refractivity contribution in [3.63, 3.8) is 0 Å². The highest BCUT2D eigenvalue weighted by Gasteiger charge is 2.06. The molecule has 1 aromatic heterocycles. The van der Waals surface area contributed by atoms with E-state index in [1.165, 1.54) is 6.07 Å². The van der Waals surface area contributed by atoms with Crippen LogP contribution in [0.15, 0.2) is 36.4 Å². The molecule has 0 saturated carbocycles. The summed E-state index contributed by atoms with van der Waals surface area (Å²) < 4.78 is 0. The molecule has 0 unspecified atom stereocenters. The maximum atomic E-state index is 10.8. The van der Waals surface area contributed by atoms with E-state index in [4.69, 9.17) is 28.3 Å². The molecule has 92 valence electrons. The van der Waals surface area contributed by atoms with Crippen LogP contribution in [0.5, 0.6) is 0 Å². The van der Waals surface area contributed by atoms with Crippen LogP contribution in [-0.4, -0.2) is 16.1 Å². The van der Waals surface area contributed by atoms with Crippen molar-refractivity contribution in [2.24, 2.45) is 0 Å². The Morgan fingerprint density at radius 2 is 2.00 bits per heavy atom. The monoisotopic (exact) mass is 282 g/mol. The van der Waals surface area contributed by atoms with Crippen LogP contribution in [0, 0.1) is 0 Å². The lowest BCUT2D eigenvalue weighted by atomic mass is 10.3. The second-order valence-electron chi connectivity index (χ2n) is 3.46. The fraction of sp³-hybridized carbons (Fsp3) is 0. The summed E-state index contributed by atoms with van der Waals surface area (Å²) in [5.41, 5.74) is 0.571. The van der Waals surface area contributed by atoms with Crippen molar-refractivity contribution in [1.29, 1.82) is 0 Å². The van der Waals surface area contributed by atoms with Gasteiger partial charge in [0.05, 0.1) is 10.7 Å². The Morgan fingerprint density at radius 3 is 2.67 bits per heavy atom. The van der Waals surface area contributed by atoms with E-state index in [-0.39, 0.29) is 5.69 Å². The van der Waals surface area contributed by atoms with Crippen LogP contribution < -0.4 is 5.32 Å². The topological polar surface area (TPSA) is 62.2 Å². The van der Waals surface area contributed by atoms with Gasteiger partial charge in [-0.2, -0.15) is 0 Å². The smallest absolute Gasteiger partial charge is 0.354 e. The number of anilines is 2. The van der Waals surface area contributed by atoms with E-state index >= 15 is 0 Å². The Bertz CT molecular complexity index is 602. The lowest BCUT2D eigenvalue weighted by Gasteiger charge is -2.08. The van der Waals surface area contributed by atoms with Gasteiger partial charge in [-0.3, -0.25) is 0 Å². The summed E-state index contributed by atoms with van der Waals surface area (Å²) in [5.74, 6) is -0.681. The summed E-state index contributed by atoms with van der Waals surface area (Å²) in [6, 6.07) is 9.63. The van der Waals surface area contributed by atoms with E-state index in [9.17, 15) is 4.79 Å². The number of aromatic carboxylic acids is 1. The maximum absolute atomic E-state index is 10.8. The number of carboxylic acids is 1. The molecule has 0 aliphatic carbocycles. The molecule has 4 nitrogen and oxygen atoms in total. The van der Waals surface area contributed by atoms with Crippen molar-refractivity contribution in [2.75, 3.05) is 5.32 Å². The van der Waals surface area contributed by atoms with E-state index in [1.54, 1.807) is 30.3 Å². The number of benzene rings is 1. The van der Waals surface area contributed by atoms with Gasteiger partial charge in [0.2, 0.25) is 0 Å². The zero-order valence-corrected chi connectivity index (χ0v) is 10.5. The van der Waals surface area contributed by atoms with Crippen molar-refractivity contribution < 1.29 is 9.90 Å². The maximum Gasteiger partial charge on any atom is 0.354 e. The molecule has 0 bridgehead atoms. The zero-order chi connectivity index (χ0) is 13.1. The molecule has 6 heteroatoms. The molecule has 1 heterocycles. The highest BCUT2D eigenvalue weighted by atomic mass is 35.5. The van der Waals surface area contributed by atoms with Crippen LogP contribution in [0.2, 0.25) is 10.0 Å². The number of hydrogen-bond donors (Lipinski definition) is 2. The molecule has 0 saturated heterocycles. The van der Waals surface area contributed by atoms with Gasteiger partial charge in [0.1, 0.15) is 5.82 Å². The SMILES string of the molecule is O=C(O)c1cccc(Nc2ccc(Cl)cc2Cl)n1. The number of aromatic nitrogens is 1. The fourth-order valence-corrected chi connectivity index (χ4v) is 1.81. The first kappa shape index (κ1) is 12.7. The number of carbonyl (C=O) groups is 1. The van der Waals surface area contributed by atoms with Crippen molar-refractivity contribution in [2.45, 2.75) is 0 Å². The van der Waals surface area contributed by atoms with Crippen molar-refractivity contribution in [3.05, 3.63) is 52.1 Å². The summed E-state index contributed by atoms with van der Waals surface area (Å²) in [7, 11) is 0. The molecule has 0 radical (unpaired) electrons. The highest BCUT2D eigenvalue weighted by molar-refractivity contribution is 6.36. The molecule has 0 spiro atoms. The van der Waals surface area contributed by atoms with Crippen molar-refractivity contribution in [3.8, 4) is 0 Å². The number of carboxylic acid groups (broad SMARTS) is 1. The van der Waals surface area contributed by atoms with E-state index in [0.717, 1.165) is 0 Å². The second-order valence-corrected chi connectivity index (χ2v) is 4.31. The molecule has 2 N–H and O–H groups in total. The van der Waals surface area contributed by atoms with Crippen LogP contribution in [0.3, 0.4) is 0 Å². The first-order valence-electron chi connectivity index (χ1n) is 4.98. The molecule has 0 amide bonds. The van der Waals surface area contributed by atoms with E-state index < -0.39 is 5.97 Å². The number of halogens is 2. The molecule has 0 fully saturated rings. The molecular weight excluding hydrogens is 275 g/mol. The summed E-state index contributed by atoms with van der Waals surface area (Å²) in [6.07, 6.45) is 0. The third-order valence-corrected chi connectivity index (χ3v) is 2.71. The Labute approximate surface area is 113 Å². The first-order valence-corrected chi connectivity index (χ1v) is 5.74. The quantitative estimate of drug-likeness (QED) is 0.898.